The molecule has 4 rings (SSSR count). The second kappa shape index (κ2) is 5.70. The Kier molecular flexibility index (Phi) is 3.39. The number of hydrogen-bond donors (Lipinski definition) is 2. The van der Waals surface area contributed by atoms with Crippen LogP contribution in [0.15, 0.2) is 67.0 Å². The number of nitrogens with zero attached hydrogens (tertiary/aromatic N) is 3. The molecular formula is C19H15N3O2. The van der Waals surface area contributed by atoms with Crippen LogP contribution in [0.4, 0.5) is 0 Å². The number of benzene rings is 2. The van der Waals surface area contributed by atoms with E-state index in [2.05, 4.69) is 9.97 Å². The van der Waals surface area contributed by atoms with E-state index in [0.717, 1.165) is 27.7 Å². The molecule has 2 heterocycles. The van der Waals surface area contributed by atoms with Crippen LogP contribution in [-0.2, 0) is 6.54 Å². The summed E-state index contributed by atoms with van der Waals surface area (Å²) in [6.45, 7) is 0.395. The lowest BCUT2D eigenvalue weighted by atomic mass is 10.0. The van der Waals surface area contributed by atoms with E-state index in [1.54, 1.807) is 12.4 Å². The summed E-state index contributed by atoms with van der Waals surface area (Å²) < 4.78 is 1.45. The minimum Gasteiger partial charge on any atom is -0.494 e. The molecule has 5 heteroatoms. The molecule has 4 aromatic rings. The summed E-state index contributed by atoms with van der Waals surface area (Å²) >= 11 is 0. The number of aromatic hydroxyl groups is 2. The molecule has 0 aliphatic carbocycles. The average molecular weight is 317 g/mol. The summed E-state index contributed by atoms with van der Waals surface area (Å²) in [4.78, 5) is 8.62. The van der Waals surface area contributed by atoms with Crippen LogP contribution in [-0.4, -0.2) is 24.7 Å². The Morgan fingerprint density at radius 1 is 0.750 bits per heavy atom. The molecule has 2 aromatic heterocycles. The number of aromatic nitrogens is 3. The third-order valence-electron chi connectivity index (χ3n) is 4.00. The van der Waals surface area contributed by atoms with Gasteiger partial charge in [0.05, 0.1) is 17.6 Å². The molecule has 5 nitrogen and oxygen atoms in total. The molecule has 0 saturated carbocycles. The van der Waals surface area contributed by atoms with Gasteiger partial charge in [0.1, 0.15) is 0 Å². The number of fused-ring (bicyclic) bond motifs is 1. The van der Waals surface area contributed by atoms with E-state index < -0.39 is 0 Å². The van der Waals surface area contributed by atoms with Crippen molar-refractivity contribution in [3.05, 3.63) is 72.6 Å². The Morgan fingerprint density at radius 3 is 2.25 bits per heavy atom. The molecule has 0 atom stereocenters. The SMILES string of the molecule is Oc1ccc(O)n1Cc1cccc(-c2ccc3nccnc3c2)c1. The molecule has 0 spiro atoms. The summed E-state index contributed by atoms with van der Waals surface area (Å²) in [6, 6.07) is 16.9. The zero-order valence-corrected chi connectivity index (χ0v) is 12.8. The molecule has 24 heavy (non-hydrogen) atoms. The fourth-order valence-electron chi connectivity index (χ4n) is 2.78. The molecular weight excluding hydrogens is 302 g/mol. The van der Waals surface area contributed by atoms with Gasteiger partial charge in [-0.05, 0) is 34.9 Å². The second-order valence-corrected chi connectivity index (χ2v) is 5.60. The van der Waals surface area contributed by atoms with Crippen LogP contribution in [0.5, 0.6) is 11.8 Å². The standard InChI is InChI=1S/C19H15N3O2/c23-18-6-7-19(24)22(18)12-13-2-1-3-14(10-13)15-4-5-16-17(11-15)21-9-8-20-16/h1-11,23-24H,12H2. The minimum absolute atomic E-state index is 0.0406. The van der Waals surface area contributed by atoms with Crippen molar-refractivity contribution in [2.75, 3.05) is 0 Å². The van der Waals surface area contributed by atoms with Crippen LogP contribution >= 0.6 is 0 Å². The first-order valence-electron chi connectivity index (χ1n) is 7.58. The van der Waals surface area contributed by atoms with Crippen LogP contribution in [0.2, 0.25) is 0 Å². The van der Waals surface area contributed by atoms with Gasteiger partial charge in [0.2, 0.25) is 0 Å². The predicted molar refractivity (Wildman–Crippen MR) is 91.8 cm³/mol. The maximum atomic E-state index is 9.79. The average Bonchev–Trinajstić information content (AvgIpc) is 2.93. The first kappa shape index (κ1) is 14.3. The normalized spacial score (nSPS) is 11.0. The maximum Gasteiger partial charge on any atom is 0.194 e. The summed E-state index contributed by atoms with van der Waals surface area (Å²) in [5, 5.41) is 19.6. The Balaban J connectivity index is 1.71. The lowest BCUT2D eigenvalue weighted by Gasteiger charge is -2.09. The number of rotatable bonds is 3. The molecule has 0 radical (unpaired) electrons. The highest BCUT2D eigenvalue weighted by atomic mass is 16.3. The Hall–Kier alpha value is -3.34. The Labute approximate surface area is 138 Å². The van der Waals surface area contributed by atoms with Gasteiger partial charge in [0.15, 0.2) is 11.8 Å². The molecule has 2 N–H and O–H groups in total. The first-order chi connectivity index (χ1) is 11.7. The topological polar surface area (TPSA) is 71.2 Å². The first-order valence-corrected chi connectivity index (χ1v) is 7.58. The second-order valence-electron chi connectivity index (χ2n) is 5.60. The van der Waals surface area contributed by atoms with E-state index in [0.29, 0.717) is 6.54 Å². The molecule has 118 valence electrons. The van der Waals surface area contributed by atoms with E-state index in [-0.39, 0.29) is 11.8 Å². The minimum atomic E-state index is 0.0406. The van der Waals surface area contributed by atoms with Crippen molar-refractivity contribution < 1.29 is 10.2 Å². The molecule has 0 amide bonds. The van der Waals surface area contributed by atoms with Gasteiger partial charge in [-0.3, -0.25) is 14.5 Å². The van der Waals surface area contributed by atoms with Crippen molar-refractivity contribution in [2.45, 2.75) is 6.54 Å². The maximum absolute atomic E-state index is 9.79. The molecule has 2 aromatic carbocycles. The van der Waals surface area contributed by atoms with Gasteiger partial charge in [0.25, 0.3) is 0 Å². The third-order valence-corrected chi connectivity index (χ3v) is 4.00. The van der Waals surface area contributed by atoms with Crippen LogP contribution in [0, 0.1) is 0 Å². The highest BCUT2D eigenvalue weighted by Gasteiger charge is 2.08. The Bertz CT molecular complexity index is 1000. The smallest absolute Gasteiger partial charge is 0.194 e. The van der Waals surface area contributed by atoms with Gasteiger partial charge in [-0.1, -0.05) is 24.3 Å². The number of hydrogen-bond acceptors (Lipinski definition) is 4. The summed E-state index contributed by atoms with van der Waals surface area (Å²) in [7, 11) is 0. The predicted octanol–water partition coefficient (Wildman–Crippen LogP) is 3.56. The molecule has 0 saturated heterocycles. The van der Waals surface area contributed by atoms with Crippen LogP contribution < -0.4 is 0 Å². The van der Waals surface area contributed by atoms with Crippen LogP contribution in [0.25, 0.3) is 22.2 Å². The summed E-state index contributed by atoms with van der Waals surface area (Å²) in [5.41, 5.74) is 4.78. The molecule has 0 unspecified atom stereocenters. The quantitative estimate of drug-likeness (QED) is 0.606. The van der Waals surface area contributed by atoms with E-state index in [1.165, 1.54) is 16.7 Å². The van der Waals surface area contributed by atoms with E-state index in [9.17, 15) is 10.2 Å². The van der Waals surface area contributed by atoms with Crippen molar-refractivity contribution in [2.24, 2.45) is 0 Å². The fraction of sp³-hybridized carbons (Fsp3) is 0.0526. The molecule has 0 aliphatic heterocycles. The lowest BCUT2D eigenvalue weighted by molar-refractivity contribution is 0.377. The van der Waals surface area contributed by atoms with Gasteiger partial charge in [-0.25, -0.2) is 0 Å². The van der Waals surface area contributed by atoms with E-state index in [4.69, 9.17) is 0 Å². The van der Waals surface area contributed by atoms with Crippen LogP contribution in [0.1, 0.15) is 5.56 Å². The summed E-state index contributed by atoms with van der Waals surface area (Å²) in [5.74, 6) is 0.0813. The van der Waals surface area contributed by atoms with Gasteiger partial charge in [-0.2, -0.15) is 0 Å². The zero-order valence-electron chi connectivity index (χ0n) is 12.8. The van der Waals surface area contributed by atoms with E-state index in [1.807, 2.05) is 42.5 Å². The van der Waals surface area contributed by atoms with Crippen molar-refractivity contribution in [3.8, 4) is 22.9 Å². The van der Waals surface area contributed by atoms with Gasteiger partial charge < -0.3 is 10.2 Å². The lowest BCUT2D eigenvalue weighted by Crippen LogP contribution is -1.98. The largest absolute Gasteiger partial charge is 0.494 e. The van der Waals surface area contributed by atoms with Gasteiger partial charge >= 0.3 is 0 Å². The summed E-state index contributed by atoms with van der Waals surface area (Å²) in [6.07, 6.45) is 3.36. The third kappa shape index (κ3) is 2.56. The molecule has 0 bridgehead atoms. The van der Waals surface area contributed by atoms with Gasteiger partial charge in [-0.15, -0.1) is 0 Å². The molecule has 0 aliphatic rings. The van der Waals surface area contributed by atoms with Crippen molar-refractivity contribution in [1.29, 1.82) is 0 Å². The van der Waals surface area contributed by atoms with Crippen LogP contribution in [0.3, 0.4) is 0 Å². The highest BCUT2D eigenvalue weighted by Crippen LogP contribution is 2.26. The Morgan fingerprint density at radius 2 is 1.46 bits per heavy atom. The fourth-order valence-corrected chi connectivity index (χ4v) is 2.78. The molecule has 0 fully saturated rings. The van der Waals surface area contributed by atoms with Crippen molar-refractivity contribution in [3.63, 3.8) is 0 Å². The van der Waals surface area contributed by atoms with Crippen molar-refractivity contribution in [1.82, 2.24) is 14.5 Å². The van der Waals surface area contributed by atoms with Gasteiger partial charge in [0, 0.05) is 24.5 Å². The monoisotopic (exact) mass is 317 g/mol. The van der Waals surface area contributed by atoms with Crippen molar-refractivity contribution >= 4 is 11.0 Å². The zero-order chi connectivity index (χ0) is 16.5. The highest BCUT2D eigenvalue weighted by molar-refractivity contribution is 5.81. The van der Waals surface area contributed by atoms with E-state index >= 15 is 0 Å².